The highest BCUT2D eigenvalue weighted by Crippen LogP contribution is 2.08. The fourth-order valence-electron chi connectivity index (χ4n) is 3.13. The number of nitrogens with one attached hydrogen (secondary N) is 1. The van der Waals surface area contributed by atoms with E-state index in [1.54, 1.807) is 0 Å². The normalized spacial score (nSPS) is 11.9. The highest BCUT2D eigenvalue weighted by Gasteiger charge is 2.00. The lowest BCUT2D eigenvalue weighted by atomic mass is 10.1. The fraction of sp³-hybridized carbons (Fsp3) is 0.731. The highest BCUT2D eigenvalue weighted by atomic mass is 16.1. The lowest BCUT2D eigenvalue weighted by Crippen LogP contribution is -2.23. The van der Waals surface area contributed by atoms with Crippen molar-refractivity contribution in [1.29, 1.82) is 0 Å². The molecule has 0 aromatic carbocycles. The summed E-state index contributed by atoms with van der Waals surface area (Å²) >= 11 is 0. The zero-order valence-corrected chi connectivity index (χ0v) is 18.9. The Hall–Kier alpha value is -1.31. The Kier molecular flexibility index (Phi) is 22.6. The van der Waals surface area contributed by atoms with Gasteiger partial charge < -0.3 is 5.32 Å². The van der Waals surface area contributed by atoms with E-state index < -0.39 is 0 Å². The minimum Gasteiger partial charge on any atom is -0.356 e. The van der Waals surface area contributed by atoms with Gasteiger partial charge in [-0.15, -0.1) is 0 Å². The molecule has 1 amide bonds. The number of unbranched alkanes of at least 4 members (excludes halogenated alkanes) is 10. The van der Waals surface area contributed by atoms with Crippen molar-refractivity contribution in [3.05, 3.63) is 36.5 Å². The van der Waals surface area contributed by atoms with E-state index in [-0.39, 0.29) is 5.91 Å². The summed E-state index contributed by atoms with van der Waals surface area (Å²) in [7, 11) is 0. The van der Waals surface area contributed by atoms with Gasteiger partial charge in [0.2, 0.25) is 5.91 Å². The van der Waals surface area contributed by atoms with E-state index in [9.17, 15) is 4.79 Å². The zero-order valence-electron chi connectivity index (χ0n) is 18.9. The van der Waals surface area contributed by atoms with Crippen LogP contribution in [0.4, 0.5) is 0 Å². The van der Waals surface area contributed by atoms with Crippen molar-refractivity contribution in [3.8, 4) is 0 Å². The SMILES string of the molecule is CC/C=C\C/C=C\C/C=C\CCCCCCCC(=O)NCCCCCCCC. The first-order valence-corrected chi connectivity index (χ1v) is 12.0. The number of carbonyl (C=O) groups excluding carboxylic acids is 1. The summed E-state index contributed by atoms with van der Waals surface area (Å²) in [6.07, 6.45) is 32.3. The number of rotatable bonds is 20. The quantitative estimate of drug-likeness (QED) is 0.165. The summed E-state index contributed by atoms with van der Waals surface area (Å²) in [6, 6.07) is 0. The van der Waals surface area contributed by atoms with Gasteiger partial charge in [0.05, 0.1) is 0 Å². The van der Waals surface area contributed by atoms with Crippen LogP contribution in [0.15, 0.2) is 36.5 Å². The molecule has 0 fully saturated rings. The van der Waals surface area contributed by atoms with Gasteiger partial charge in [-0.25, -0.2) is 0 Å². The Morgan fingerprint density at radius 3 is 1.93 bits per heavy atom. The molecule has 0 bridgehead atoms. The van der Waals surface area contributed by atoms with Gasteiger partial charge in [0, 0.05) is 13.0 Å². The van der Waals surface area contributed by atoms with Crippen LogP contribution in [0, 0.1) is 0 Å². The molecule has 0 unspecified atom stereocenters. The van der Waals surface area contributed by atoms with E-state index in [1.807, 2.05) is 0 Å². The smallest absolute Gasteiger partial charge is 0.219 e. The van der Waals surface area contributed by atoms with E-state index in [1.165, 1.54) is 64.2 Å². The molecule has 2 heteroatoms. The van der Waals surface area contributed by atoms with Crippen LogP contribution in [0.25, 0.3) is 0 Å². The molecule has 0 aliphatic carbocycles. The molecular formula is C26H47NO. The molecule has 2 nitrogen and oxygen atoms in total. The summed E-state index contributed by atoms with van der Waals surface area (Å²) in [5, 5.41) is 3.07. The van der Waals surface area contributed by atoms with Gasteiger partial charge in [0.25, 0.3) is 0 Å². The van der Waals surface area contributed by atoms with Crippen molar-refractivity contribution < 1.29 is 4.79 Å². The number of carbonyl (C=O) groups is 1. The van der Waals surface area contributed by atoms with Gasteiger partial charge in [-0.1, -0.05) is 102 Å². The lowest BCUT2D eigenvalue weighted by molar-refractivity contribution is -0.121. The van der Waals surface area contributed by atoms with E-state index in [0.29, 0.717) is 6.42 Å². The Morgan fingerprint density at radius 1 is 0.643 bits per heavy atom. The van der Waals surface area contributed by atoms with Crippen LogP contribution in [-0.4, -0.2) is 12.5 Å². The van der Waals surface area contributed by atoms with E-state index in [2.05, 4.69) is 55.6 Å². The molecule has 0 saturated carbocycles. The molecule has 28 heavy (non-hydrogen) atoms. The zero-order chi connectivity index (χ0) is 20.5. The van der Waals surface area contributed by atoms with Crippen LogP contribution >= 0.6 is 0 Å². The Balaban J connectivity index is 3.28. The van der Waals surface area contributed by atoms with Gasteiger partial charge >= 0.3 is 0 Å². The summed E-state index contributed by atoms with van der Waals surface area (Å²) in [6.45, 7) is 5.27. The average molecular weight is 390 g/mol. The second-order valence-electron chi connectivity index (χ2n) is 7.72. The molecule has 0 heterocycles. The molecule has 162 valence electrons. The van der Waals surface area contributed by atoms with E-state index >= 15 is 0 Å². The molecule has 0 aliphatic rings. The third kappa shape index (κ3) is 22.7. The van der Waals surface area contributed by atoms with E-state index in [4.69, 9.17) is 0 Å². The van der Waals surface area contributed by atoms with Crippen LogP contribution in [-0.2, 0) is 4.79 Å². The summed E-state index contributed by atoms with van der Waals surface area (Å²) in [4.78, 5) is 11.8. The Labute approximate surface area is 176 Å². The number of hydrogen-bond donors (Lipinski definition) is 1. The van der Waals surface area contributed by atoms with Crippen LogP contribution in [0.5, 0.6) is 0 Å². The van der Waals surface area contributed by atoms with Gasteiger partial charge in [-0.3, -0.25) is 4.79 Å². The topological polar surface area (TPSA) is 29.1 Å². The van der Waals surface area contributed by atoms with Crippen LogP contribution in [0.3, 0.4) is 0 Å². The third-order valence-electron chi connectivity index (χ3n) is 4.91. The van der Waals surface area contributed by atoms with Crippen molar-refractivity contribution in [2.45, 2.75) is 117 Å². The molecule has 0 aromatic rings. The van der Waals surface area contributed by atoms with Gasteiger partial charge in [0.15, 0.2) is 0 Å². The van der Waals surface area contributed by atoms with Crippen molar-refractivity contribution in [1.82, 2.24) is 5.32 Å². The van der Waals surface area contributed by atoms with Crippen LogP contribution < -0.4 is 5.32 Å². The second kappa shape index (κ2) is 23.7. The largest absolute Gasteiger partial charge is 0.356 e. The molecule has 0 aromatic heterocycles. The minimum absolute atomic E-state index is 0.245. The number of allylic oxidation sites excluding steroid dienone is 6. The monoisotopic (exact) mass is 389 g/mol. The predicted octanol–water partition coefficient (Wildman–Crippen LogP) is 8.05. The predicted molar refractivity (Wildman–Crippen MR) is 126 cm³/mol. The summed E-state index contributed by atoms with van der Waals surface area (Å²) in [5.41, 5.74) is 0. The molecule has 0 saturated heterocycles. The Bertz CT molecular complexity index is 409. The van der Waals surface area contributed by atoms with Crippen LogP contribution in [0.1, 0.15) is 117 Å². The Morgan fingerprint density at radius 2 is 1.21 bits per heavy atom. The summed E-state index contributed by atoms with van der Waals surface area (Å²) in [5.74, 6) is 0.245. The maximum Gasteiger partial charge on any atom is 0.219 e. The maximum absolute atomic E-state index is 11.8. The minimum atomic E-state index is 0.245. The third-order valence-corrected chi connectivity index (χ3v) is 4.91. The van der Waals surface area contributed by atoms with Gasteiger partial charge in [-0.2, -0.15) is 0 Å². The standard InChI is InChI=1S/C26H47NO/c1-3-5-7-9-11-12-13-14-15-16-17-18-19-20-22-24-26(28)27-25-23-21-10-8-6-4-2/h5,7,11-12,14-15H,3-4,6,8-10,13,16-25H2,1-2H3,(H,27,28)/b7-5-,12-11-,15-14-. The summed E-state index contributed by atoms with van der Waals surface area (Å²) < 4.78 is 0. The fourth-order valence-corrected chi connectivity index (χ4v) is 3.13. The van der Waals surface area contributed by atoms with Gasteiger partial charge in [0.1, 0.15) is 0 Å². The lowest BCUT2D eigenvalue weighted by Gasteiger charge is -2.05. The molecular weight excluding hydrogens is 342 g/mol. The van der Waals surface area contributed by atoms with Crippen molar-refractivity contribution in [2.24, 2.45) is 0 Å². The van der Waals surface area contributed by atoms with E-state index in [0.717, 1.165) is 38.6 Å². The van der Waals surface area contributed by atoms with Crippen molar-refractivity contribution in [3.63, 3.8) is 0 Å². The van der Waals surface area contributed by atoms with Crippen LogP contribution in [0.2, 0.25) is 0 Å². The first kappa shape index (κ1) is 26.7. The molecule has 0 radical (unpaired) electrons. The second-order valence-corrected chi connectivity index (χ2v) is 7.72. The van der Waals surface area contributed by atoms with Crippen molar-refractivity contribution in [2.75, 3.05) is 6.54 Å². The molecule has 0 spiro atoms. The first-order valence-electron chi connectivity index (χ1n) is 12.0. The molecule has 0 atom stereocenters. The maximum atomic E-state index is 11.8. The average Bonchev–Trinajstić information content (AvgIpc) is 2.70. The van der Waals surface area contributed by atoms with Crippen molar-refractivity contribution >= 4 is 5.91 Å². The van der Waals surface area contributed by atoms with Gasteiger partial charge in [-0.05, 0) is 44.9 Å². The molecule has 0 aliphatic heterocycles. The highest BCUT2D eigenvalue weighted by molar-refractivity contribution is 5.75. The number of amides is 1. The first-order chi connectivity index (χ1) is 13.8. The molecule has 1 N–H and O–H groups in total. The number of hydrogen-bond acceptors (Lipinski definition) is 1. The molecule has 0 rings (SSSR count).